The highest BCUT2D eigenvalue weighted by Gasteiger charge is 2.20. The van der Waals surface area contributed by atoms with E-state index in [1.807, 2.05) is 58.0 Å². The predicted molar refractivity (Wildman–Crippen MR) is 105 cm³/mol. The first-order chi connectivity index (χ1) is 12.4. The Balaban J connectivity index is 1.89. The number of carbonyl (C=O) groups excluding carboxylic acids is 1. The molecule has 0 aliphatic heterocycles. The average molecular weight is 376 g/mol. The van der Waals surface area contributed by atoms with Crippen LogP contribution in [0.4, 0.5) is 0 Å². The van der Waals surface area contributed by atoms with Gasteiger partial charge in [0.15, 0.2) is 6.10 Å². The van der Waals surface area contributed by atoms with Crippen LogP contribution in [-0.2, 0) is 4.79 Å². The van der Waals surface area contributed by atoms with Gasteiger partial charge in [-0.25, -0.2) is 0 Å². The molecule has 1 N–H and O–H groups in total. The summed E-state index contributed by atoms with van der Waals surface area (Å²) in [6.07, 6.45) is 0.00952. The zero-order valence-corrected chi connectivity index (χ0v) is 16.5. The lowest BCUT2D eigenvalue weighted by Gasteiger charge is -2.21. The maximum atomic E-state index is 12.5. The highest BCUT2D eigenvalue weighted by molar-refractivity contribution is 6.31. The number of hydrogen-bond donors (Lipinski definition) is 1. The van der Waals surface area contributed by atoms with Gasteiger partial charge in [0.1, 0.15) is 18.1 Å². The molecule has 2 aromatic carbocycles. The van der Waals surface area contributed by atoms with E-state index in [4.69, 9.17) is 21.1 Å². The molecular formula is C21H26ClNO3. The molecule has 140 valence electrons. The molecule has 2 rings (SSSR count). The highest BCUT2D eigenvalue weighted by atomic mass is 35.5. The number of halogens is 1. The summed E-state index contributed by atoms with van der Waals surface area (Å²) >= 11 is 6.03. The van der Waals surface area contributed by atoms with Gasteiger partial charge in [-0.05, 0) is 62.6 Å². The quantitative estimate of drug-likeness (QED) is 0.727. The third kappa shape index (κ3) is 5.67. The van der Waals surface area contributed by atoms with Crippen molar-refractivity contribution in [3.63, 3.8) is 0 Å². The minimum atomic E-state index is -0.559. The maximum Gasteiger partial charge on any atom is 0.261 e. The Morgan fingerprint density at radius 3 is 2.54 bits per heavy atom. The van der Waals surface area contributed by atoms with Crippen molar-refractivity contribution in [3.8, 4) is 11.5 Å². The lowest BCUT2D eigenvalue weighted by Crippen LogP contribution is -2.44. The molecule has 2 atom stereocenters. The number of carbonyl (C=O) groups is 1. The Labute approximate surface area is 160 Å². The van der Waals surface area contributed by atoms with Gasteiger partial charge in [-0.1, -0.05) is 36.7 Å². The molecule has 0 unspecified atom stereocenters. The normalized spacial score (nSPS) is 13.0. The average Bonchev–Trinajstić information content (AvgIpc) is 2.61. The molecule has 0 saturated heterocycles. The number of rotatable bonds is 8. The summed E-state index contributed by atoms with van der Waals surface area (Å²) in [5.41, 5.74) is 1.98. The molecular weight excluding hydrogens is 350 g/mol. The Hall–Kier alpha value is -2.20. The van der Waals surface area contributed by atoms with E-state index in [0.717, 1.165) is 16.9 Å². The number of benzene rings is 2. The van der Waals surface area contributed by atoms with E-state index in [9.17, 15) is 4.79 Å². The van der Waals surface area contributed by atoms with Gasteiger partial charge >= 0.3 is 0 Å². The van der Waals surface area contributed by atoms with E-state index in [1.165, 1.54) is 0 Å². The lowest BCUT2D eigenvalue weighted by molar-refractivity contribution is -0.128. The second-order valence-electron chi connectivity index (χ2n) is 6.41. The van der Waals surface area contributed by atoms with Crippen LogP contribution in [0.3, 0.4) is 0 Å². The molecule has 2 aromatic rings. The van der Waals surface area contributed by atoms with Gasteiger partial charge in [0.2, 0.25) is 0 Å². The molecule has 0 aliphatic rings. The third-order valence-corrected chi connectivity index (χ3v) is 4.47. The molecule has 0 spiro atoms. The van der Waals surface area contributed by atoms with Crippen molar-refractivity contribution in [1.29, 1.82) is 0 Å². The molecule has 26 heavy (non-hydrogen) atoms. The van der Waals surface area contributed by atoms with E-state index in [-0.39, 0.29) is 11.9 Å². The van der Waals surface area contributed by atoms with Crippen molar-refractivity contribution in [2.45, 2.75) is 46.3 Å². The number of hydrogen-bond acceptors (Lipinski definition) is 3. The summed E-state index contributed by atoms with van der Waals surface area (Å²) in [4.78, 5) is 12.5. The van der Waals surface area contributed by atoms with Gasteiger partial charge < -0.3 is 14.8 Å². The number of aryl methyl sites for hydroxylation is 2. The summed E-state index contributed by atoms with van der Waals surface area (Å²) in [6.45, 7) is 8.12. The molecule has 0 saturated carbocycles. The van der Waals surface area contributed by atoms with Gasteiger partial charge in [0, 0.05) is 5.02 Å². The van der Waals surface area contributed by atoms with Crippen molar-refractivity contribution in [2.75, 3.05) is 6.61 Å². The SMILES string of the molecule is CC[C@H](Oc1ccc(Cl)c(C)c1)C(=O)N[C@H](C)COc1ccccc1C. The minimum Gasteiger partial charge on any atom is -0.491 e. The molecule has 4 nitrogen and oxygen atoms in total. The van der Waals surface area contributed by atoms with Gasteiger partial charge in [-0.3, -0.25) is 4.79 Å². The van der Waals surface area contributed by atoms with Crippen molar-refractivity contribution < 1.29 is 14.3 Å². The molecule has 0 heterocycles. The third-order valence-electron chi connectivity index (χ3n) is 4.04. The van der Waals surface area contributed by atoms with Crippen molar-refractivity contribution in [1.82, 2.24) is 5.32 Å². The largest absolute Gasteiger partial charge is 0.491 e. The first kappa shape index (κ1) is 20.1. The highest BCUT2D eigenvalue weighted by Crippen LogP contribution is 2.22. The molecule has 0 bridgehead atoms. The molecule has 0 aliphatic carbocycles. The van der Waals surface area contributed by atoms with E-state index in [0.29, 0.717) is 23.8 Å². The topological polar surface area (TPSA) is 47.6 Å². The number of para-hydroxylation sites is 1. The molecule has 1 amide bonds. The minimum absolute atomic E-state index is 0.133. The molecule has 0 radical (unpaired) electrons. The van der Waals surface area contributed by atoms with Crippen LogP contribution in [0.2, 0.25) is 5.02 Å². The van der Waals surface area contributed by atoms with Gasteiger partial charge in [-0.2, -0.15) is 0 Å². The number of amides is 1. The molecule has 0 fully saturated rings. The summed E-state index contributed by atoms with van der Waals surface area (Å²) in [7, 11) is 0. The summed E-state index contributed by atoms with van der Waals surface area (Å²) < 4.78 is 11.6. The first-order valence-corrected chi connectivity index (χ1v) is 9.20. The van der Waals surface area contributed by atoms with Crippen molar-refractivity contribution in [3.05, 3.63) is 58.6 Å². The van der Waals surface area contributed by atoms with E-state index in [1.54, 1.807) is 12.1 Å². The zero-order valence-electron chi connectivity index (χ0n) is 15.7. The van der Waals surface area contributed by atoms with Crippen LogP contribution < -0.4 is 14.8 Å². The van der Waals surface area contributed by atoms with Crippen molar-refractivity contribution in [2.24, 2.45) is 0 Å². The second-order valence-corrected chi connectivity index (χ2v) is 6.82. The smallest absolute Gasteiger partial charge is 0.261 e. The van der Waals surface area contributed by atoms with Crippen LogP contribution in [0.1, 0.15) is 31.4 Å². The van der Waals surface area contributed by atoms with E-state index in [2.05, 4.69) is 5.32 Å². The van der Waals surface area contributed by atoms with Crippen LogP contribution >= 0.6 is 11.6 Å². The van der Waals surface area contributed by atoms with E-state index < -0.39 is 6.10 Å². The summed E-state index contributed by atoms with van der Waals surface area (Å²) in [6, 6.07) is 13.1. The van der Waals surface area contributed by atoms with Gasteiger partial charge in [-0.15, -0.1) is 0 Å². The summed E-state index contributed by atoms with van der Waals surface area (Å²) in [5.74, 6) is 1.31. The van der Waals surface area contributed by atoms with Crippen LogP contribution in [-0.4, -0.2) is 24.7 Å². The number of ether oxygens (including phenoxy) is 2. The fourth-order valence-corrected chi connectivity index (χ4v) is 2.61. The monoisotopic (exact) mass is 375 g/mol. The van der Waals surface area contributed by atoms with Gasteiger partial charge in [0.05, 0.1) is 6.04 Å². The number of nitrogens with one attached hydrogen (secondary N) is 1. The molecule has 5 heteroatoms. The van der Waals surface area contributed by atoms with E-state index >= 15 is 0 Å². The zero-order chi connectivity index (χ0) is 19.1. The lowest BCUT2D eigenvalue weighted by atomic mass is 10.2. The Morgan fingerprint density at radius 2 is 1.88 bits per heavy atom. The fraction of sp³-hybridized carbons (Fsp3) is 0.381. The summed E-state index contributed by atoms with van der Waals surface area (Å²) in [5, 5.41) is 3.63. The Bertz CT molecular complexity index is 748. The first-order valence-electron chi connectivity index (χ1n) is 8.82. The van der Waals surface area contributed by atoms with Crippen LogP contribution in [0, 0.1) is 13.8 Å². The standard InChI is InChI=1S/C21H26ClNO3/c1-5-19(26-17-10-11-18(22)15(3)12-17)21(24)23-16(4)13-25-20-9-7-6-8-14(20)2/h6-12,16,19H,5,13H2,1-4H3,(H,23,24)/t16-,19+/m1/s1. The van der Waals surface area contributed by atoms with Crippen LogP contribution in [0.5, 0.6) is 11.5 Å². The maximum absolute atomic E-state index is 12.5. The second kappa shape index (κ2) is 9.48. The van der Waals surface area contributed by atoms with Crippen LogP contribution in [0.25, 0.3) is 0 Å². The Kier molecular flexibility index (Phi) is 7.34. The Morgan fingerprint density at radius 1 is 1.15 bits per heavy atom. The molecule has 0 aromatic heterocycles. The van der Waals surface area contributed by atoms with Crippen molar-refractivity contribution >= 4 is 17.5 Å². The van der Waals surface area contributed by atoms with Crippen LogP contribution in [0.15, 0.2) is 42.5 Å². The predicted octanol–water partition coefficient (Wildman–Crippen LogP) is 4.70. The fourth-order valence-electron chi connectivity index (χ4n) is 2.49. The van der Waals surface area contributed by atoms with Gasteiger partial charge in [0.25, 0.3) is 5.91 Å².